The molecule has 24 heavy (non-hydrogen) atoms. The number of aryl methyl sites for hydroxylation is 1. The van der Waals surface area contributed by atoms with Crippen molar-refractivity contribution in [2.24, 2.45) is 0 Å². The van der Waals surface area contributed by atoms with Crippen molar-refractivity contribution in [2.75, 3.05) is 18.4 Å². The van der Waals surface area contributed by atoms with Crippen LogP contribution in [-0.4, -0.2) is 29.7 Å². The lowest BCUT2D eigenvalue weighted by atomic mass is 10.0. The third-order valence-electron chi connectivity index (χ3n) is 3.87. The summed E-state index contributed by atoms with van der Waals surface area (Å²) in [5.41, 5.74) is 3.00. The molecular weight excluding hydrogens is 300 g/mol. The van der Waals surface area contributed by atoms with Crippen molar-refractivity contribution in [3.05, 3.63) is 29.3 Å². The zero-order valence-electron chi connectivity index (χ0n) is 16.4. The topological polar surface area (TPSA) is 41.6 Å². The molecule has 0 saturated carbocycles. The van der Waals surface area contributed by atoms with E-state index < -0.39 is 5.60 Å². The third kappa shape index (κ3) is 6.06. The summed E-state index contributed by atoms with van der Waals surface area (Å²) in [6.45, 7) is 15.7. The number of benzene rings is 1. The summed E-state index contributed by atoms with van der Waals surface area (Å²) in [7, 11) is 0. The van der Waals surface area contributed by atoms with Crippen LogP contribution in [0.1, 0.15) is 71.6 Å². The average Bonchev–Trinajstić information content (AvgIpc) is 2.49. The van der Waals surface area contributed by atoms with Crippen molar-refractivity contribution >= 4 is 11.8 Å². The Hall–Kier alpha value is -1.71. The smallest absolute Gasteiger partial charge is 0.410 e. The van der Waals surface area contributed by atoms with E-state index in [2.05, 4.69) is 51.2 Å². The highest BCUT2D eigenvalue weighted by molar-refractivity contribution is 5.69. The van der Waals surface area contributed by atoms with Gasteiger partial charge in [0.25, 0.3) is 0 Å². The summed E-state index contributed by atoms with van der Waals surface area (Å²) in [6.07, 6.45) is 1.73. The molecule has 1 rings (SSSR count). The van der Waals surface area contributed by atoms with Crippen LogP contribution in [0.5, 0.6) is 0 Å². The fraction of sp³-hybridized carbons (Fsp3) is 0.650. The average molecular weight is 335 g/mol. The van der Waals surface area contributed by atoms with Gasteiger partial charge >= 0.3 is 6.09 Å². The number of carbonyl (C=O) groups excluding carboxylic acids is 1. The van der Waals surface area contributed by atoms with E-state index in [1.807, 2.05) is 25.7 Å². The van der Waals surface area contributed by atoms with Crippen LogP contribution in [0.4, 0.5) is 10.5 Å². The minimum atomic E-state index is -0.482. The minimum Gasteiger partial charge on any atom is -0.444 e. The van der Waals surface area contributed by atoms with Crippen molar-refractivity contribution < 1.29 is 9.53 Å². The van der Waals surface area contributed by atoms with Gasteiger partial charge in [0.2, 0.25) is 0 Å². The molecule has 0 bridgehead atoms. The molecule has 1 aromatic rings. The Morgan fingerprint density at radius 1 is 1.25 bits per heavy atom. The second kappa shape index (κ2) is 8.95. The summed E-state index contributed by atoms with van der Waals surface area (Å²) in [5.74, 6) is 0. The number of ether oxygens (including phenoxy) is 1. The number of hydrogen-bond donors (Lipinski definition) is 1. The minimum absolute atomic E-state index is 0.0254. The van der Waals surface area contributed by atoms with Crippen LogP contribution in [-0.2, 0) is 4.74 Å². The molecule has 0 heterocycles. The first-order chi connectivity index (χ1) is 11.2. The molecule has 1 N–H and O–H groups in total. The van der Waals surface area contributed by atoms with E-state index in [9.17, 15) is 4.79 Å². The lowest BCUT2D eigenvalue weighted by Gasteiger charge is -2.32. The lowest BCUT2D eigenvalue weighted by molar-refractivity contribution is 0.0173. The van der Waals surface area contributed by atoms with Crippen LogP contribution >= 0.6 is 0 Å². The van der Waals surface area contributed by atoms with Crippen LogP contribution in [0, 0.1) is 6.92 Å². The molecule has 0 aromatic heterocycles. The van der Waals surface area contributed by atoms with E-state index in [4.69, 9.17) is 4.74 Å². The zero-order chi connectivity index (χ0) is 18.3. The molecule has 0 unspecified atom stereocenters. The molecule has 136 valence electrons. The highest BCUT2D eigenvalue weighted by atomic mass is 16.6. The number of nitrogens with zero attached hydrogens (tertiary/aromatic N) is 1. The number of rotatable bonds is 7. The predicted molar refractivity (Wildman–Crippen MR) is 102 cm³/mol. The van der Waals surface area contributed by atoms with E-state index in [0.717, 1.165) is 30.6 Å². The van der Waals surface area contributed by atoms with Crippen LogP contribution in [0.2, 0.25) is 0 Å². The van der Waals surface area contributed by atoms with Crippen LogP contribution in [0.3, 0.4) is 0 Å². The van der Waals surface area contributed by atoms with Crippen LogP contribution in [0.25, 0.3) is 0 Å². The predicted octanol–water partition coefficient (Wildman–Crippen LogP) is 5.53. The molecular formula is C20H34N2O2. The summed E-state index contributed by atoms with van der Waals surface area (Å²) in [5, 5.41) is 3.46. The molecule has 0 radical (unpaired) electrons. The van der Waals surface area contributed by atoms with Gasteiger partial charge in [0.05, 0.1) is 6.04 Å². The Kier molecular flexibility index (Phi) is 7.59. The van der Waals surface area contributed by atoms with E-state index in [1.165, 1.54) is 5.56 Å². The van der Waals surface area contributed by atoms with Gasteiger partial charge in [-0.15, -0.1) is 0 Å². The third-order valence-corrected chi connectivity index (χ3v) is 3.87. The van der Waals surface area contributed by atoms with Gasteiger partial charge in [0, 0.05) is 18.8 Å². The molecule has 4 nitrogen and oxygen atoms in total. The number of amides is 1. The van der Waals surface area contributed by atoms with Gasteiger partial charge in [-0.05, 0) is 64.7 Å². The largest absolute Gasteiger partial charge is 0.444 e. The maximum absolute atomic E-state index is 12.6. The Morgan fingerprint density at radius 3 is 2.46 bits per heavy atom. The maximum atomic E-state index is 12.6. The van der Waals surface area contributed by atoms with Gasteiger partial charge < -0.3 is 15.0 Å². The monoisotopic (exact) mass is 334 g/mol. The van der Waals surface area contributed by atoms with Gasteiger partial charge in [-0.2, -0.15) is 0 Å². The number of hydrogen-bond acceptors (Lipinski definition) is 3. The van der Waals surface area contributed by atoms with Gasteiger partial charge in [-0.3, -0.25) is 0 Å². The molecule has 0 aliphatic rings. The second-order valence-corrected chi connectivity index (χ2v) is 7.35. The molecule has 1 amide bonds. The standard InChI is InChI=1S/C20H34N2O2/c1-8-12-21-18-14-17(11-10-15(18)3)16(4)22(13-9-2)19(23)24-20(5,6)7/h10-11,14,16,21H,8-9,12-13H2,1-7H3/t16-/m0/s1. The highest BCUT2D eigenvalue weighted by Crippen LogP contribution is 2.27. The molecule has 0 fully saturated rings. The molecule has 4 heteroatoms. The number of anilines is 1. The van der Waals surface area contributed by atoms with Crippen molar-refractivity contribution in [3.8, 4) is 0 Å². The Labute approximate surface area is 147 Å². The summed E-state index contributed by atoms with van der Waals surface area (Å²) in [4.78, 5) is 14.4. The van der Waals surface area contributed by atoms with E-state index >= 15 is 0 Å². The Morgan fingerprint density at radius 2 is 1.92 bits per heavy atom. The molecule has 1 atom stereocenters. The first kappa shape index (κ1) is 20.3. The van der Waals surface area contributed by atoms with Gasteiger partial charge in [-0.25, -0.2) is 4.79 Å². The van der Waals surface area contributed by atoms with E-state index in [0.29, 0.717) is 6.54 Å². The number of carbonyl (C=O) groups is 1. The summed E-state index contributed by atoms with van der Waals surface area (Å²) in [6, 6.07) is 6.35. The first-order valence-corrected chi connectivity index (χ1v) is 9.03. The van der Waals surface area contributed by atoms with Crippen LogP contribution in [0.15, 0.2) is 18.2 Å². The lowest BCUT2D eigenvalue weighted by Crippen LogP contribution is -2.38. The van der Waals surface area contributed by atoms with Gasteiger partial charge in [0.1, 0.15) is 5.60 Å². The van der Waals surface area contributed by atoms with Crippen molar-refractivity contribution in [1.29, 1.82) is 0 Å². The van der Waals surface area contributed by atoms with Gasteiger partial charge in [0.15, 0.2) is 0 Å². The van der Waals surface area contributed by atoms with Crippen molar-refractivity contribution in [2.45, 2.75) is 73.0 Å². The SMILES string of the molecule is CCCNc1cc([C@H](C)N(CCC)C(=O)OC(C)(C)C)ccc1C. The Bertz CT molecular complexity index is 535. The van der Waals surface area contributed by atoms with Gasteiger partial charge in [-0.1, -0.05) is 26.0 Å². The fourth-order valence-electron chi connectivity index (χ4n) is 2.53. The maximum Gasteiger partial charge on any atom is 0.410 e. The Balaban J connectivity index is 3.01. The van der Waals surface area contributed by atoms with E-state index in [-0.39, 0.29) is 12.1 Å². The van der Waals surface area contributed by atoms with Crippen molar-refractivity contribution in [3.63, 3.8) is 0 Å². The fourth-order valence-corrected chi connectivity index (χ4v) is 2.53. The second-order valence-electron chi connectivity index (χ2n) is 7.35. The van der Waals surface area contributed by atoms with E-state index in [1.54, 1.807) is 0 Å². The molecule has 1 aromatic carbocycles. The summed E-state index contributed by atoms with van der Waals surface area (Å²) < 4.78 is 5.59. The van der Waals surface area contributed by atoms with Crippen molar-refractivity contribution in [1.82, 2.24) is 4.90 Å². The number of nitrogens with one attached hydrogen (secondary N) is 1. The highest BCUT2D eigenvalue weighted by Gasteiger charge is 2.26. The normalized spacial score (nSPS) is 12.6. The first-order valence-electron chi connectivity index (χ1n) is 9.03. The summed E-state index contributed by atoms with van der Waals surface area (Å²) >= 11 is 0. The molecule has 0 saturated heterocycles. The van der Waals surface area contributed by atoms with Crippen LogP contribution < -0.4 is 5.32 Å². The molecule has 0 aliphatic carbocycles. The quantitative estimate of drug-likeness (QED) is 0.713. The zero-order valence-corrected chi connectivity index (χ0v) is 16.4. The molecule has 0 spiro atoms. The molecule has 0 aliphatic heterocycles.